The largest absolute Gasteiger partial charge is 0.464 e. The molecule has 7 rings (SSSR count). The summed E-state index contributed by atoms with van der Waals surface area (Å²) < 4.78 is 18.3. The molecule has 1 N–H and O–H groups in total. The molecule has 5 aliphatic rings. The molecule has 5 fully saturated rings. The van der Waals surface area contributed by atoms with Crippen LogP contribution in [-0.4, -0.2) is 42.2 Å². The summed E-state index contributed by atoms with van der Waals surface area (Å²) in [6.45, 7) is 10.4. The van der Waals surface area contributed by atoms with Crippen LogP contribution in [0.2, 0.25) is 0 Å². The number of aromatic nitrogens is 1. The number of ether oxygens (including phenoxy) is 3. The molecule has 0 radical (unpaired) electrons. The molecule has 4 saturated carbocycles. The summed E-state index contributed by atoms with van der Waals surface area (Å²) in [4.78, 5) is 28.3. The second kappa shape index (κ2) is 12.5. The summed E-state index contributed by atoms with van der Waals surface area (Å²) in [7, 11) is 1.34. The van der Waals surface area contributed by atoms with E-state index in [1.54, 1.807) is 12.3 Å². The first-order valence-corrected chi connectivity index (χ1v) is 18.2. The average molecular weight is 630 g/mol. The fourth-order valence-corrected chi connectivity index (χ4v) is 11.8. The zero-order valence-electron chi connectivity index (χ0n) is 28.6. The predicted molar refractivity (Wildman–Crippen MR) is 178 cm³/mol. The first kappa shape index (κ1) is 32.1. The number of carbonyl (C=O) groups excluding carboxylic acids is 2. The van der Waals surface area contributed by atoms with Gasteiger partial charge < -0.3 is 19.2 Å². The Balaban J connectivity index is 0.960. The minimum atomic E-state index is -0.498. The summed E-state index contributed by atoms with van der Waals surface area (Å²) in [5.74, 6) is 3.64. The number of H-pyrrole nitrogens is 1. The van der Waals surface area contributed by atoms with Crippen molar-refractivity contribution < 1.29 is 23.8 Å². The monoisotopic (exact) mass is 629 g/mol. The number of esters is 1. The molecular weight excluding hydrogens is 574 g/mol. The number of benzene rings is 1. The quantitative estimate of drug-likeness (QED) is 0.222. The van der Waals surface area contributed by atoms with Crippen molar-refractivity contribution in [2.45, 2.75) is 117 Å². The third-order valence-electron chi connectivity index (χ3n) is 14.3. The van der Waals surface area contributed by atoms with Crippen LogP contribution in [0.4, 0.5) is 0 Å². The van der Waals surface area contributed by atoms with Crippen molar-refractivity contribution in [1.82, 2.24) is 4.98 Å². The first-order chi connectivity index (χ1) is 22.1. The van der Waals surface area contributed by atoms with Gasteiger partial charge in [0.15, 0.2) is 5.78 Å². The van der Waals surface area contributed by atoms with Gasteiger partial charge in [0.05, 0.1) is 37.6 Å². The van der Waals surface area contributed by atoms with Gasteiger partial charge in [0.25, 0.3) is 0 Å². The van der Waals surface area contributed by atoms with Gasteiger partial charge in [-0.3, -0.25) is 4.79 Å². The Morgan fingerprint density at radius 2 is 1.78 bits per heavy atom. The van der Waals surface area contributed by atoms with Gasteiger partial charge in [-0.2, -0.15) is 0 Å². The SMILES string of the molecule is COC(=O)c1[nH]ccc1C(=O)[C@@H](C)CC[C@H]1O[C@H]2C[C@H]3[C@@H]4CC[C@@H]5C[C@@H](OCc6ccccc6)CC[C@]5(C)[C@H]4CC[C@]3(C)[C@H]2[C@@H]1C. The average Bonchev–Trinajstić information content (AvgIpc) is 3.76. The lowest BCUT2D eigenvalue weighted by atomic mass is 9.44. The maximum atomic E-state index is 13.3. The van der Waals surface area contributed by atoms with Crippen LogP contribution in [0.1, 0.15) is 118 Å². The molecule has 2 heterocycles. The van der Waals surface area contributed by atoms with Crippen LogP contribution in [0.25, 0.3) is 0 Å². The van der Waals surface area contributed by atoms with E-state index in [0.717, 1.165) is 43.1 Å². The molecule has 1 saturated heterocycles. The molecule has 2 aromatic rings. The van der Waals surface area contributed by atoms with Crippen molar-refractivity contribution in [2.24, 2.45) is 52.3 Å². The molecule has 46 heavy (non-hydrogen) atoms. The molecule has 1 aromatic heterocycles. The highest BCUT2D eigenvalue weighted by Gasteiger charge is 2.65. The topological polar surface area (TPSA) is 77.6 Å². The molecule has 4 aliphatic carbocycles. The van der Waals surface area contributed by atoms with Crippen molar-refractivity contribution in [2.75, 3.05) is 7.11 Å². The van der Waals surface area contributed by atoms with E-state index in [-0.39, 0.29) is 23.5 Å². The molecule has 0 bridgehead atoms. The van der Waals surface area contributed by atoms with Crippen molar-refractivity contribution in [1.29, 1.82) is 0 Å². The van der Waals surface area contributed by atoms with Gasteiger partial charge in [-0.1, -0.05) is 58.0 Å². The fraction of sp³-hybridized carbons (Fsp3) is 0.700. The smallest absolute Gasteiger partial charge is 0.355 e. The van der Waals surface area contributed by atoms with Crippen molar-refractivity contribution in [3.05, 3.63) is 59.4 Å². The maximum Gasteiger partial charge on any atom is 0.355 e. The van der Waals surface area contributed by atoms with Gasteiger partial charge in [-0.25, -0.2) is 4.79 Å². The van der Waals surface area contributed by atoms with E-state index >= 15 is 0 Å². The molecule has 0 spiro atoms. The number of carbonyl (C=O) groups is 2. The summed E-state index contributed by atoms with van der Waals surface area (Å²) in [6.07, 6.45) is 14.6. The number of rotatable bonds is 9. The highest BCUT2D eigenvalue weighted by atomic mass is 16.5. The second-order valence-corrected chi connectivity index (χ2v) is 16.3. The summed E-state index contributed by atoms with van der Waals surface area (Å²) in [5, 5.41) is 0. The number of hydrogen-bond acceptors (Lipinski definition) is 5. The molecule has 1 aromatic carbocycles. The zero-order valence-corrected chi connectivity index (χ0v) is 28.6. The number of ketones is 1. The minimum absolute atomic E-state index is 0.00118. The predicted octanol–water partition coefficient (Wildman–Crippen LogP) is 8.66. The van der Waals surface area contributed by atoms with Crippen LogP contribution in [-0.2, 0) is 20.8 Å². The van der Waals surface area contributed by atoms with Crippen LogP contribution < -0.4 is 0 Å². The number of aromatic amines is 1. The number of Topliss-reactive ketones (excluding diaryl/α,β-unsaturated/α-hetero) is 1. The Bertz CT molecular complexity index is 1400. The molecule has 0 amide bonds. The van der Waals surface area contributed by atoms with E-state index in [0.29, 0.717) is 40.4 Å². The van der Waals surface area contributed by atoms with E-state index < -0.39 is 5.97 Å². The van der Waals surface area contributed by atoms with E-state index in [9.17, 15) is 9.59 Å². The molecule has 6 heteroatoms. The Morgan fingerprint density at radius 1 is 1.00 bits per heavy atom. The Hall–Kier alpha value is -2.44. The van der Waals surface area contributed by atoms with Gasteiger partial charge in [0.2, 0.25) is 0 Å². The molecule has 6 nitrogen and oxygen atoms in total. The Kier molecular flexibility index (Phi) is 8.76. The van der Waals surface area contributed by atoms with E-state index in [1.807, 2.05) is 6.92 Å². The minimum Gasteiger partial charge on any atom is -0.464 e. The summed E-state index contributed by atoms with van der Waals surface area (Å²) in [6, 6.07) is 12.3. The summed E-state index contributed by atoms with van der Waals surface area (Å²) in [5.41, 5.74) is 2.76. The lowest BCUT2D eigenvalue weighted by Crippen LogP contribution is -2.54. The van der Waals surface area contributed by atoms with Gasteiger partial charge in [-0.15, -0.1) is 0 Å². The van der Waals surface area contributed by atoms with Crippen molar-refractivity contribution >= 4 is 11.8 Å². The lowest BCUT2D eigenvalue weighted by molar-refractivity contribution is -0.139. The third-order valence-corrected chi connectivity index (χ3v) is 14.3. The third kappa shape index (κ3) is 5.40. The van der Waals surface area contributed by atoms with E-state index in [2.05, 4.69) is 56.1 Å². The number of methoxy groups -OCH3 is 1. The van der Waals surface area contributed by atoms with Crippen LogP contribution >= 0.6 is 0 Å². The van der Waals surface area contributed by atoms with E-state index in [1.165, 1.54) is 64.0 Å². The normalized spacial score (nSPS) is 40.3. The van der Waals surface area contributed by atoms with Gasteiger partial charge in [0, 0.05) is 12.1 Å². The Labute approximate surface area is 275 Å². The summed E-state index contributed by atoms with van der Waals surface area (Å²) >= 11 is 0. The van der Waals surface area contributed by atoms with Crippen LogP contribution in [0.5, 0.6) is 0 Å². The van der Waals surface area contributed by atoms with Crippen LogP contribution in [0.3, 0.4) is 0 Å². The number of hydrogen-bond donors (Lipinski definition) is 1. The number of fused-ring (bicyclic) bond motifs is 7. The lowest BCUT2D eigenvalue weighted by Gasteiger charge is -2.61. The van der Waals surface area contributed by atoms with Crippen LogP contribution in [0, 0.1) is 52.3 Å². The van der Waals surface area contributed by atoms with Gasteiger partial charge in [0.1, 0.15) is 5.69 Å². The molecule has 250 valence electrons. The Morgan fingerprint density at radius 3 is 2.57 bits per heavy atom. The highest BCUT2D eigenvalue weighted by molar-refractivity contribution is 6.06. The molecule has 0 unspecified atom stereocenters. The number of nitrogens with one attached hydrogen (secondary N) is 1. The molecule has 1 aliphatic heterocycles. The van der Waals surface area contributed by atoms with Crippen molar-refractivity contribution in [3.8, 4) is 0 Å². The van der Waals surface area contributed by atoms with Gasteiger partial charge in [-0.05, 0) is 122 Å². The molecular formula is C40H55NO5. The van der Waals surface area contributed by atoms with E-state index in [4.69, 9.17) is 14.2 Å². The molecule has 12 atom stereocenters. The fourth-order valence-electron chi connectivity index (χ4n) is 11.8. The standard InChI is InChI=1S/C40H55NO5/c1-24(37(42)30-17-20-41-36(30)38(43)44-5)11-14-33-25(2)35-34(46-33)22-32-29-13-12-27-21-28(45-23-26-9-7-6-8-10-26)15-18-39(27,3)31(29)16-19-40(32,35)4/h6-10,17,20,24-25,27-29,31-35,41H,11-16,18-19,21-23H2,1-5H3/t24-,25+,27+,28-,29+,31-,32-,33+,34-,35-,39-,40-/m0/s1. The van der Waals surface area contributed by atoms with Crippen LogP contribution in [0.15, 0.2) is 42.6 Å². The maximum absolute atomic E-state index is 13.3. The van der Waals surface area contributed by atoms with Gasteiger partial charge >= 0.3 is 5.97 Å². The second-order valence-electron chi connectivity index (χ2n) is 16.3. The first-order valence-electron chi connectivity index (χ1n) is 18.2. The zero-order chi connectivity index (χ0) is 32.2. The highest BCUT2D eigenvalue weighted by Crippen LogP contribution is 2.70. The van der Waals surface area contributed by atoms with Crippen molar-refractivity contribution in [3.63, 3.8) is 0 Å².